The van der Waals surface area contributed by atoms with E-state index in [4.69, 9.17) is 5.73 Å². The molecule has 3 N–H and O–H groups in total. The molecule has 0 atom stereocenters. The fourth-order valence-corrected chi connectivity index (χ4v) is 0.869. The molecule has 0 spiro atoms. The Morgan fingerprint density at radius 1 is 1.46 bits per heavy atom. The van der Waals surface area contributed by atoms with Crippen molar-refractivity contribution in [3.05, 3.63) is 35.9 Å². The van der Waals surface area contributed by atoms with E-state index in [-0.39, 0.29) is 45.2 Å². The van der Waals surface area contributed by atoms with Crippen LogP contribution >= 0.6 is 0 Å². The fraction of sp³-hybridized carbons (Fsp3) is 0.222. The van der Waals surface area contributed by atoms with Crippen molar-refractivity contribution in [1.29, 1.82) is 0 Å². The third-order valence-corrected chi connectivity index (χ3v) is 1.42. The van der Waals surface area contributed by atoms with Crippen LogP contribution in [0.15, 0.2) is 24.3 Å². The molecule has 1 aromatic carbocycles. The van der Waals surface area contributed by atoms with Gasteiger partial charge in [0.05, 0.1) is 6.54 Å². The number of rotatable bonds is 4. The van der Waals surface area contributed by atoms with Gasteiger partial charge in [0.1, 0.15) is 0 Å². The molecule has 1 amide bonds. The first-order valence-corrected chi connectivity index (χ1v) is 3.73. The van der Waals surface area contributed by atoms with Gasteiger partial charge in [-0.2, -0.15) is 30.3 Å². The number of nitrogens with two attached hydrogens (primary N) is 1. The SMILES string of the molecule is NC(=O)CNCc1cc[c-]cc1.[Y]. The van der Waals surface area contributed by atoms with Crippen LogP contribution in [0.3, 0.4) is 0 Å². The number of hydrogen-bond acceptors (Lipinski definition) is 2. The number of hydrogen-bond donors (Lipinski definition) is 2. The minimum absolute atomic E-state index is 0. The fourth-order valence-electron chi connectivity index (χ4n) is 0.869. The number of carbonyl (C=O) groups is 1. The van der Waals surface area contributed by atoms with Gasteiger partial charge in [-0.1, -0.05) is 0 Å². The molecule has 13 heavy (non-hydrogen) atoms. The molecule has 1 rings (SSSR count). The van der Waals surface area contributed by atoms with Crippen LogP contribution in [0, 0.1) is 6.07 Å². The van der Waals surface area contributed by atoms with Crippen molar-refractivity contribution >= 4 is 5.91 Å². The van der Waals surface area contributed by atoms with Crippen LogP contribution in [0.1, 0.15) is 5.56 Å². The smallest absolute Gasteiger partial charge is 0.231 e. The summed E-state index contributed by atoms with van der Waals surface area (Å²) in [6, 6.07) is 10.5. The van der Waals surface area contributed by atoms with Crippen molar-refractivity contribution in [2.24, 2.45) is 5.73 Å². The van der Waals surface area contributed by atoms with E-state index in [1.54, 1.807) is 0 Å². The normalized spacial score (nSPS) is 8.92. The van der Waals surface area contributed by atoms with Gasteiger partial charge in [0.2, 0.25) is 5.91 Å². The molecule has 67 valence electrons. The number of benzene rings is 1. The largest absolute Gasteiger partial charge is 0.369 e. The molecule has 0 bridgehead atoms. The molecule has 1 aromatic rings. The number of nitrogens with one attached hydrogen (secondary N) is 1. The summed E-state index contributed by atoms with van der Waals surface area (Å²) in [5, 5.41) is 2.91. The van der Waals surface area contributed by atoms with Crippen molar-refractivity contribution in [3.63, 3.8) is 0 Å². The van der Waals surface area contributed by atoms with Gasteiger partial charge in [-0.05, 0) is 6.54 Å². The zero-order chi connectivity index (χ0) is 8.81. The summed E-state index contributed by atoms with van der Waals surface area (Å²) in [7, 11) is 0. The Labute approximate surface area is 103 Å². The molecule has 0 aliphatic carbocycles. The maximum absolute atomic E-state index is 10.3. The van der Waals surface area contributed by atoms with Crippen LogP contribution in [-0.2, 0) is 44.0 Å². The molecule has 0 aliphatic heterocycles. The van der Waals surface area contributed by atoms with E-state index in [2.05, 4.69) is 11.4 Å². The summed E-state index contributed by atoms with van der Waals surface area (Å²) >= 11 is 0. The third-order valence-electron chi connectivity index (χ3n) is 1.42. The van der Waals surface area contributed by atoms with Gasteiger partial charge in [0.25, 0.3) is 0 Å². The minimum Gasteiger partial charge on any atom is -0.369 e. The molecule has 0 aromatic heterocycles. The van der Waals surface area contributed by atoms with E-state index in [0.29, 0.717) is 6.54 Å². The van der Waals surface area contributed by atoms with Crippen LogP contribution in [0.4, 0.5) is 0 Å². The van der Waals surface area contributed by atoms with Gasteiger partial charge >= 0.3 is 0 Å². The van der Waals surface area contributed by atoms with Crippen LogP contribution < -0.4 is 11.1 Å². The molecule has 4 heteroatoms. The van der Waals surface area contributed by atoms with Gasteiger partial charge in [-0.15, -0.1) is 5.56 Å². The number of amides is 1. The average molecular weight is 252 g/mol. The summed E-state index contributed by atoms with van der Waals surface area (Å²) in [5.41, 5.74) is 6.07. The third kappa shape index (κ3) is 5.91. The minimum atomic E-state index is -0.336. The second kappa shape index (κ2) is 7.19. The van der Waals surface area contributed by atoms with Gasteiger partial charge in [0, 0.05) is 32.7 Å². The molecule has 0 fully saturated rings. The second-order valence-corrected chi connectivity index (χ2v) is 2.48. The first kappa shape index (κ1) is 12.8. The summed E-state index contributed by atoms with van der Waals surface area (Å²) in [5.74, 6) is -0.336. The Morgan fingerprint density at radius 2 is 2.08 bits per heavy atom. The van der Waals surface area contributed by atoms with Gasteiger partial charge < -0.3 is 11.1 Å². The van der Waals surface area contributed by atoms with Crippen LogP contribution in [0.2, 0.25) is 0 Å². The van der Waals surface area contributed by atoms with Gasteiger partial charge in [-0.3, -0.25) is 4.79 Å². The molecule has 1 radical (unpaired) electrons. The van der Waals surface area contributed by atoms with E-state index in [0.717, 1.165) is 5.56 Å². The molecular weight excluding hydrogens is 241 g/mol. The van der Waals surface area contributed by atoms with Crippen molar-refractivity contribution in [3.8, 4) is 0 Å². The van der Waals surface area contributed by atoms with Crippen molar-refractivity contribution in [2.75, 3.05) is 6.54 Å². The Bertz CT molecular complexity index is 251. The predicted molar refractivity (Wildman–Crippen MR) is 46.2 cm³/mol. The van der Waals surface area contributed by atoms with Crippen molar-refractivity contribution in [2.45, 2.75) is 6.54 Å². The van der Waals surface area contributed by atoms with E-state index >= 15 is 0 Å². The molecule has 0 saturated heterocycles. The standard InChI is InChI=1S/C9H11N2O.Y/c10-9(12)7-11-6-8-4-2-1-3-5-8;/h2-5,11H,6-7H2,(H2,10,12);/q-1;. The zero-order valence-corrected chi connectivity index (χ0v) is 10.1. The first-order chi connectivity index (χ1) is 5.79. The number of carbonyl (C=O) groups excluding carboxylic acids is 1. The van der Waals surface area contributed by atoms with Crippen molar-refractivity contribution < 1.29 is 37.5 Å². The first-order valence-electron chi connectivity index (χ1n) is 3.73. The summed E-state index contributed by atoms with van der Waals surface area (Å²) in [4.78, 5) is 10.3. The van der Waals surface area contributed by atoms with Crippen LogP contribution in [0.25, 0.3) is 0 Å². The Hall–Kier alpha value is -0.246. The molecule has 0 saturated carbocycles. The monoisotopic (exact) mass is 252 g/mol. The maximum atomic E-state index is 10.3. The van der Waals surface area contributed by atoms with Crippen LogP contribution in [-0.4, -0.2) is 12.5 Å². The summed E-state index contributed by atoms with van der Waals surface area (Å²) < 4.78 is 0. The average Bonchev–Trinajstić information content (AvgIpc) is 2.05. The topological polar surface area (TPSA) is 55.1 Å². The zero-order valence-electron chi connectivity index (χ0n) is 7.29. The summed E-state index contributed by atoms with van der Waals surface area (Å²) in [6.07, 6.45) is 0. The molecular formula is C9H11N2OY-. The molecule has 0 unspecified atom stereocenters. The molecule has 3 nitrogen and oxygen atoms in total. The van der Waals surface area contributed by atoms with E-state index in [9.17, 15) is 4.79 Å². The summed E-state index contributed by atoms with van der Waals surface area (Å²) in [6.45, 7) is 0.885. The maximum Gasteiger partial charge on any atom is 0.231 e. The second-order valence-electron chi connectivity index (χ2n) is 2.48. The van der Waals surface area contributed by atoms with Crippen molar-refractivity contribution in [1.82, 2.24) is 5.32 Å². The Balaban J connectivity index is 0.00000144. The van der Waals surface area contributed by atoms with E-state index in [1.165, 1.54) is 0 Å². The predicted octanol–water partition coefficient (Wildman–Crippen LogP) is 0.0592. The van der Waals surface area contributed by atoms with Gasteiger partial charge in [-0.25, -0.2) is 0 Å². The van der Waals surface area contributed by atoms with E-state index in [1.807, 2.05) is 24.3 Å². The molecule has 0 heterocycles. The van der Waals surface area contributed by atoms with Gasteiger partial charge in [0.15, 0.2) is 0 Å². The Kier molecular flexibility index (Phi) is 7.05. The Morgan fingerprint density at radius 3 is 2.62 bits per heavy atom. The molecule has 0 aliphatic rings. The number of primary amides is 1. The van der Waals surface area contributed by atoms with Crippen LogP contribution in [0.5, 0.6) is 0 Å². The van der Waals surface area contributed by atoms with E-state index < -0.39 is 0 Å². The quantitative estimate of drug-likeness (QED) is 0.744.